The molecule has 4 heterocycles. The fourth-order valence-electron chi connectivity index (χ4n) is 5.40. The molecule has 5 rings (SSSR count). The molecule has 1 aliphatic heterocycles. The Labute approximate surface area is 352 Å². The Hall–Kier alpha value is -6.00. The number of carboxylic acids is 1. The Balaban J connectivity index is 1.22. The van der Waals surface area contributed by atoms with E-state index in [2.05, 4.69) is 41.4 Å². The number of amides is 4. The maximum Gasteiger partial charge on any atom is 0.391 e. The van der Waals surface area contributed by atoms with Crippen LogP contribution >= 0.6 is 34.3 Å². The van der Waals surface area contributed by atoms with Gasteiger partial charge in [-0.3, -0.25) is 29.0 Å². The molecular formula is C32H38ClN12O12S3+. The number of aromatic nitrogens is 4. The van der Waals surface area contributed by atoms with E-state index < -0.39 is 93.3 Å². The lowest BCUT2D eigenvalue weighted by molar-refractivity contribution is -0.659. The van der Waals surface area contributed by atoms with E-state index in [0.717, 1.165) is 36.5 Å². The first-order chi connectivity index (χ1) is 28.1. The van der Waals surface area contributed by atoms with Gasteiger partial charge in [-0.25, -0.2) is 23.6 Å². The number of oxime groups is 1. The molecule has 28 heteroatoms. The number of aliphatic carboxylic acids is 1. The quantitative estimate of drug-likeness (QED) is 0.0253. The highest BCUT2D eigenvalue weighted by atomic mass is 35.5. The molecule has 12 N–H and O–H groups in total. The second kappa shape index (κ2) is 18.1. The summed E-state index contributed by atoms with van der Waals surface area (Å²) in [5.74, 6) is -6.57. The van der Waals surface area contributed by atoms with Crippen LogP contribution in [-0.2, 0) is 41.4 Å². The van der Waals surface area contributed by atoms with Crippen molar-refractivity contribution < 1.29 is 61.7 Å². The maximum absolute atomic E-state index is 13.4. The summed E-state index contributed by atoms with van der Waals surface area (Å²) < 4.78 is 35.6. The van der Waals surface area contributed by atoms with Crippen LogP contribution in [0.4, 0.5) is 11.1 Å². The molecule has 0 saturated carbocycles. The normalized spacial score (nSPS) is 18.9. The molecule has 24 nitrogen and oxygen atoms in total. The second-order valence-corrected chi connectivity index (χ2v) is 17.1. The van der Waals surface area contributed by atoms with Gasteiger partial charge in [-0.15, -0.1) is 22.7 Å². The molecule has 2 unspecified atom stereocenters. The summed E-state index contributed by atoms with van der Waals surface area (Å²) in [4.78, 5) is 81.4. The largest absolute Gasteiger partial charge is 0.504 e. The number of nitrogens with zero attached hydrogens (tertiary/aromatic N) is 6. The van der Waals surface area contributed by atoms with E-state index in [-0.39, 0.29) is 44.6 Å². The van der Waals surface area contributed by atoms with Crippen molar-refractivity contribution in [1.29, 1.82) is 0 Å². The molecule has 322 valence electrons. The number of hydrogen-bond acceptors (Lipinski definition) is 19. The summed E-state index contributed by atoms with van der Waals surface area (Å²) in [6.45, 7) is 1.86. The third-order valence-corrected chi connectivity index (χ3v) is 11.9. The second-order valence-electron chi connectivity index (χ2n) is 13.5. The van der Waals surface area contributed by atoms with Crippen molar-refractivity contribution >= 4 is 91.0 Å². The minimum atomic E-state index is -5.16. The van der Waals surface area contributed by atoms with E-state index in [1.807, 2.05) is 0 Å². The monoisotopic (exact) mass is 913 g/mol. The van der Waals surface area contributed by atoms with Crippen molar-refractivity contribution in [2.75, 3.05) is 30.7 Å². The average molecular weight is 914 g/mol. The van der Waals surface area contributed by atoms with Gasteiger partial charge in [0.15, 0.2) is 22.4 Å². The van der Waals surface area contributed by atoms with E-state index in [1.165, 1.54) is 23.8 Å². The number of allylic oxidation sites excluding steroid dienone is 1. The molecule has 4 atom stereocenters. The van der Waals surface area contributed by atoms with E-state index >= 15 is 0 Å². The molecule has 0 bridgehead atoms. The SMILES string of the molecule is C[n+]1cc(-c2ncc(C(=O)NC[C@@H]3[C@H](NC(=O)/C(=N\OC(C)(C)C(=O)O)c4csc(N)n4)C(=O)N3S(=O)(=O)O)s2)cnc1NC(CN)CNC(=O)C1CC=C(O)C(O)=C1Cl. The van der Waals surface area contributed by atoms with Crippen molar-refractivity contribution in [2.24, 2.45) is 23.9 Å². The number of carbonyl (C=O) groups is 5. The van der Waals surface area contributed by atoms with Crippen LogP contribution in [0.1, 0.15) is 35.6 Å². The summed E-state index contributed by atoms with van der Waals surface area (Å²) in [6.07, 6.45) is 5.73. The number of rotatable bonds is 17. The number of nitrogen functional groups attached to an aromatic ring is 1. The predicted molar refractivity (Wildman–Crippen MR) is 213 cm³/mol. The smallest absolute Gasteiger partial charge is 0.391 e. The lowest BCUT2D eigenvalue weighted by Crippen LogP contribution is -2.74. The summed E-state index contributed by atoms with van der Waals surface area (Å²) in [5.41, 5.74) is 9.41. The third-order valence-electron chi connectivity index (χ3n) is 8.78. The van der Waals surface area contributed by atoms with Crippen molar-refractivity contribution in [3.8, 4) is 10.6 Å². The van der Waals surface area contributed by atoms with Crippen molar-refractivity contribution in [2.45, 2.75) is 44.0 Å². The van der Waals surface area contributed by atoms with Gasteiger partial charge in [-0.05, 0) is 26.3 Å². The fraction of sp³-hybridized carbons (Fsp3) is 0.375. The first-order valence-corrected chi connectivity index (χ1v) is 20.7. The Morgan fingerprint density at radius 2 is 1.92 bits per heavy atom. The Kier molecular flexibility index (Phi) is 13.6. The molecule has 4 amide bonds. The molecule has 2 aliphatic rings. The number of carboxylic acid groups (broad SMARTS) is 1. The minimum Gasteiger partial charge on any atom is -0.504 e. The van der Waals surface area contributed by atoms with Crippen molar-refractivity contribution in [3.05, 3.63) is 57.2 Å². The number of aliphatic hydroxyl groups is 2. The highest BCUT2D eigenvalue weighted by molar-refractivity contribution is 7.84. The summed E-state index contributed by atoms with van der Waals surface area (Å²) >= 11 is 7.90. The number of hydrogen-bond donors (Lipinski definition) is 10. The molecule has 0 spiro atoms. The number of nitrogens with one attached hydrogen (secondary N) is 4. The topological polar surface area (TPSA) is 368 Å². The molecule has 0 aromatic carbocycles. The number of anilines is 2. The lowest BCUT2D eigenvalue weighted by atomic mass is 9.97. The molecule has 1 saturated heterocycles. The average Bonchev–Trinajstić information content (AvgIpc) is 3.85. The molecule has 1 aliphatic carbocycles. The van der Waals surface area contributed by atoms with E-state index in [0.29, 0.717) is 16.5 Å². The van der Waals surface area contributed by atoms with Crippen molar-refractivity contribution in [3.63, 3.8) is 0 Å². The fourth-order valence-corrected chi connectivity index (χ4v) is 7.92. The first-order valence-electron chi connectivity index (χ1n) is 17.3. The van der Waals surface area contributed by atoms with Gasteiger partial charge in [-0.1, -0.05) is 21.7 Å². The zero-order valence-electron chi connectivity index (χ0n) is 31.5. The van der Waals surface area contributed by atoms with E-state index in [9.17, 15) is 52.3 Å². The van der Waals surface area contributed by atoms with Crippen LogP contribution in [0, 0.1) is 5.92 Å². The molecule has 60 heavy (non-hydrogen) atoms. The van der Waals surface area contributed by atoms with Crippen LogP contribution < -0.4 is 37.3 Å². The summed E-state index contributed by atoms with van der Waals surface area (Å²) in [6, 6.07) is -3.65. The van der Waals surface area contributed by atoms with Gasteiger partial charge in [0, 0.05) is 18.5 Å². The predicted octanol–water partition coefficient (Wildman–Crippen LogP) is -1.09. The molecule has 3 aromatic rings. The Morgan fingerprint density at radius 1 is 1.20 bits per heavy atom. The van der Waals surface area contributed by atoms with Gasteiger partial charge in [0.05, 0.1) is 48.5 Å². The summed E-state index contributed by atoms with van der Waals surface area (Å²) in [5, 5.41) is 44.5. The summed E-state index contributed by atoms with van der Waals surface area (Å²) in [7, 11) is -3.49. The van der Waals surface area contributed by atoms with E-state index in [1.54, 1.807) is 17.8 Å². The Bertz CT molecular complexity index is 2420. The first kappa shape index (κ1) is 45.1. The zero-order chi connectivity index (χ0) is 44.3. The number of β-lactam (4-membered cyclic amide) rings is 1. The van der Waals surface area contributed by atoms with Crippen LogP contribution in [0.25, 0.3) is 10.6 Å². The van der Waals surface area contributed by atoms with Gasteiger partial charge in [0.25, 0.3) is 17.7 Å². The third kappa shape index (κ3) is 10.1. The van der Waals surface area contributed by atoms with Gasteiger partial charge >= 0.3 is 22.2 Å². The van der Waals surface area contributed by atoms with Gasteiger partial charge < -0.3 is 47.6 Å². The maximum atomic E-state index is 13.4. The highest BCUT2D eigenvalue weighted by Gasteiger charge is 2.54. The lowest BCUT2D eigenvalue weighted by Gasteiger charge is -2.44. The number of aliphatic hydroxyl groups excluding tert-OH is 2. The van der Waals surface area contributed by atoms with Crippen LogP contribution in [0.2, 0.25) is 0 Å². The molecular weight excluding hydrogens is 876 g/mol. The number of halogens is 1. The zero-order valence-corrected chi connectivity index (χ0v) is 34.7. The number of carbonyl (C=O) groups excluding carboxylic acids is 4. The standard InChI is InChI=1S/C32H37ClN12O12S3/c1-32(2,29(52)53)57-43-21(16-12-58-30(35)41-16)26(50)42-22-17(45(28(22)51)60(54,55)56)9-37-25(49)19-10-38-27(59-19)13-7-39-31(44(3)11-13)40-14(6-34)8-36-24(48)15-4-5-18(46)23(47)20(15)33/h5,7,10-12,14-15,17,22H,4,6,8-9,34H2,1-3H3,(H9,35,36,37,41,42,46,47,48,49,50,52,53,54,55,56)/p+1/b43-21-/t14?,15?,17-,22+/m1/s1. The van der Waals surface area contributed by atoms with E-state index in [4.69, 9.17) is 27.9 Å². The number of nitrogens with two attached hydrogens (primary N) is 2. The molecule has 3 aromatic heterocycles. The van der Waals surface area contributed by atoms with Crippen LogP contribution in [0.3, 0.4) is 0 Å². The van der Waals surface area contributed by atoms with Gasteiger partial charge in [-0.2, -0.15) is 8.42 Å². The van der Waals surface area contributed by atoms with Crippen LogP contribution in [-0.4, -0.2) is 126 Å². The minimum absolute atomic E-state index is 0.00634. The molecule has 1 fully saturated rings. The van der Waals surface area contributed by atoms with Gasteiger partial charge in [0.2, 0.25) is 11.5 Å². The molecule has 0 radical (unpaired) electrons. The number of aryl methyl sites for hydroxylation is 1. The van der Waals surface area contributed by atoms with Crippen LogP contribution in [0.15, 0.2) is 51.8 Å². The van der Waals surface area contributed by atoms with Crippen molar-refractivity contribution in [1.82, 2.24) is 35.2 Å². The highest BCUT2D eigenvalue weighted by Crippen LogP contribution is 2.31. The van der Waals surface area contributed by atoms with Gasteiger partial charge in [0.1, 0.15) is 33.9 Å². The van der Waals surface area contributed by atoms with Crippen LogP contribution in [0.5, 0.6) is 0 Å². The number of thiazole rings is 2. The Morgan fingerprint density at radius 3 is 2.53 bits per heavy atom.